The van der Waals surface area contributed by atoms with E-state index in [2.05, 4.69) is 46.4 Å². The summed E-state index contributed by atoms with van der Waals surface area (Å²) in [6, 6.07) is 16.3. The first kappa shape index (κ1) is 13.9. The second kappa shape index (κ2) is 7.19. The maximum Gasteiger partial charge on any atom is 0.124 e. The van der Waals surface area contributed by atoms with Crippen molar-refractivity contribution in [3.8, 4) is 5.75 Å². The summed E-state index contributed by atoms with van der Waals surface area (Å²) in [5.41, 5.74) is 2.28. The van der Waals surface area contributed by atoms with Crippen LogP contribution in [-0.2, 0) is 6.54 Å². The van der Waals surface area contributed by atoms with Gasteiger partial charge in [-0.2, -0.15) is 0 Å². The van der Waals surface area contributed by atoms with E-state index >= 15 is 0 Å². The van der Waals surface area contributed by atoms with Gasteiger partial charge in [0.05, 0.1) is 6.61 Å². The Morgan fingerprint density at radius 1 is 1.05 bits per heavy atom. The highest BCUT2D eigenvalue weighted by Crippen LogP contribution is 2.20. The van der Waals surface area contributed by atoms with Gasteiger partial charge in [-0.15, -0.1) is 0 Å². The highest BCUT2D eigenvalue weighted by Gasteiger charge is 2.02. The fraction of sp³-hybridized carbons (Fsp3) is 0.250. The van der Waals surface area contributed by atoms with E-state index in [1.54, 1.807) is 0 Å². The van der Waals surface area contributed by atoms with Crippen molar-refractivity contribution in [1.82, 2.24) is 0 Å². The third-order valence-electron chi connectivity index (χ3n) is 2.76. The molecule has 0 aromatic heterocycles. The Balaban J connectivity index is 2.00. The molecule has 0 atom stereocenters. The van der Waals surface area contributed by atoms with Crippen LogP contribution in [0.5, 0.6) is 5.75 Å². The zero-order valence-electron chi connectivity index (χ0n) is 11.0. The van der Waals surface area contributed by atoms with Crippen molar-refractivity contribution < 1.29 is 4.74 Å². The van der Waals surface area contributed by atoms with Crippen LogP contribution in [0.3, 0.4) is 0 Å². The molecule has 2 rings (SSSR count). The molecule has 0 bridgehead atoms. The normalized spacial score (nSPS) is 10.2. The monoisotopic (exact) mass is 319 g/mol. The van der Waals surface area contributed by atoms with Crippen molar-refractivity contribution >= 4 is 21.6 Å². The third kappa shape index (κ3) is 4.28. The molecule has 0 saturated carbocycles. The molecule has 100 valence electrons. The molecule has 0 fully saturated rings. The molecular weight excluding hydrogens is 302 g/mol. The predicted molar refractivity (Wildman–Crippen MR) is 83.7 cm³/mol. The van der Waals surface area contributed by atoms with Gasteiger partial charge < -0.3 is 10.1 Å². The lowest BCUT2D eigenvalue weighted by molar-refractivity contribution is 0.314. The maximum atomic E-state index is 5.75. The number of nitrogens with one attached hydrogen (secondary N) is 1. The van der Waals surface area contributed by atoms with E-state index in [0.29, 0.717) is 0 Å². The Morgan fingerprint density at radius 3 is 2.53 bits per heavy atom. The molecule has 2 aromatic carbocycles. The van der Waals surface area contributed by atoms with Crippen LogP contribution >= 0.6 is 15.9 Å². The quantitative estimate of drug-likeness (QED) is 0.821. The summed E-state index contributed by atoms with van der Waals surface area (Å²) in [6.45, 7) is 3.64. The van der Waals surface area contributed by atoms with Crippen molar-refractivity contribution in [1.29, 1.82) is 0 Å². The van der Waals surface area contributed by atoms with E-state index in [1.807, 2.05) is 30.3 Å². The molecule has 2 nitrogen and oxygen atoms in total. The molecule has 2 aromatic rings. The highest BCUT2D eigenvalue weighted by molar-refractivity contribution is 9.10. The minimum atomic E-state index is 0.759. The second-order valence-corrected chi connectivity index (χ2v) is 5.23. The van der Waals surface area contributed by atoms with Crippen LogP contribution in [0, 0.1) is 0 Å². The number of anilines is 1. The SMILES string of the molecule is CCCOc1ccccc1CNc1ccc(Br)cc1. The molecule has 0 aliphatic heterocycles. The van der Waals surface area contributed by atoms with Gasteiger partial charge in [0.25, 0.3) is 0 Å². The van der Waals surface area contributed by atoms with Crippen LogP contribution in [0.4, 0.5) is 5.69 Å². The molecule has 0 unspecified atom stereocenters. The first-order valence-corrected chi connectivity index (χ1v) is 7.29. The van der Waals surface area contributed by atoms with E-state index in [-0.39, 0.29) is 0 Å². The van der Waals surface area contributed by atoms with Crippen LogP contribution in [0.1, 0.15) is 18.9 Å². The molecule has 0 amide bonds. The van der Waals surface area contributed by atoms with Gasteiger partial charge in [-0.1, -0.05) is 41.1 Å². The number of benzene rings is 2. The molecule has 19 heavy (non-hydrogen) atoms. The Bertz CT molecular complexity index is 510. The van der Waals surface area contributed by atoms with Gasteiger partial charge >= 0.3 is 0 Å². The number of rotatable bonds is 6. The second-order valence-electron chi connectivity index (χ2n) is 4.32. The lowest BCUT2D eigenvalue weighted by atomic mass is 10.2. The molecule has 3 heteroatoms. The summed E-state index contributed by atoms with van der Waals surface area (Å²) in [4.78, 5) is 0. The molecule has 1 N–H and O–H groups in total. The highest BCUT2D eigenvalue weighted by atomic mass is 79.9. The number of ether oxygens (including phenoxy) is 1. The first-order valence-electron chi connectivity index (χ1n) is 6.49. The van der Waals surface area contributed by atoms with E-state index in [0.717, 1.165) is 35.5 Å². The fourth-order valence-corrected chi connectivity index (χ4v) is 2.03. The lowest BCUT2D eigenvalue weighted by Gasteiger charge is -2.12. The predicted octanol–water partition coefficient (Wildman–Crippen LogP) is 4.85. The number of hydrogen-bond donors (Lipinski definition) is 1. The van der Waals surface area contributed by atoms with Crippen LogP contribution in [0.2, 0.25) is 0 Å². The van der Waals surface area contributed by atoms with Gasteiger partial charge in [0.1, 0.15) is 5.75 Å². The van der Waals surface area contributed by atoms with E-state index in [9.17, 15) is 0 Å². The maximum absolute atomic E-state index is 5.75. The number of hydrogen-bond acceptors (Lipinski definition) is 2. The molecule has 0 heterocycles. The largest absolute Gasteiger partial charge is 0.493 e. The average molecular weight is 320 g/mol. The van der Waals surface area contributed by atoms with Crippen molar-refractivity contribution in [2.45, 2.75) is 19.9 Å². The van der Waals surface area contributed by atoms with Crippen LogP contribution in [-0.4, -0.2) is 6.61 Å². The summed E-state index contributed by atoms with van der Waals surface area (Å²) < 4.78 is 6.83. The minimum absolute atomic E-state index is 0.759. The Morgan fingerprint density at radius 2 is 1.79 bits per heavy atom. The molecule has 0 radical (unpaired) electrons. The Hall–Kier alpha value is -1.48. The van der Waals surface area contributed by atoms with Crippen molar-refractivity contribution in [2.24, 2.45) is 0 Å². The zero-order chi connectivity index (χ0) is 13.5. The number of para-hydroxylation sites is 1. The standard InChI is InChI=1S/C16H18BrNO/c1-2-11-19-16-6-4-3-5-13(16)12-18-15-9-7-14(17)8-10-15/h3-10,18H,2,11-12H2,1H3. The average Bonchev–Trinajstić information content (AvgIpc) is 2.45. The fourth-order valence-electron chi connectivity index (χ4n) is 1.77. The number of halogens is 1. The summed E-state index contributed by atoms with van der Waals surface area (Å²) in [5.74, 6) is 0.967. The summed E-state index contributed by atoms with van der Waals surface area (Å²) in [7, 11) is 0. The van der Waals surface area contributed by atoms with Gasteiger partial charge in [0, 0.05) is 22.3 Å². The molecule has 0 saturated heterocycles. The van der Waals surface area contributed by atoms with Crippen LogP contribution in [0.15, 0.2) is 53.0 Å². The van der Waals surface area contributed by atoms with Crippen LogP contribution < -0.4 is 10.1 Å². The minimum Gasteiger partial charge on any atom is -0.493 e. The van der Waals surface area contributed by atoms with E-state index in [4.69, 9.17) is 4.74 Å². The van der Waals surface area contributed by atoms with Gasteiger partial charge in [0.15, 0.2) is 0 Å². The van der Waals surface area contributed by atoms with Gasteiger partial charge in [-0.3, -0.25) is 0 Å². The van der Waals surface area contributed by atoms with Gasteiger partial charge in [0.2, 0.25) is 0 Å². The Kier molecular flexibility index (Phi) is 5.28. The zero-order valence-corrected chi connectivity index (χ0v) is 12.6. The summed E-state index contributed by atoms with van der Waals surface area (Å²) in [6.07, 6.45) is 1.02. The van der Waals surface area contributed by atoms with Gasteiger partial charge in [-0.05, 0) is 36.8 Å². The third-order valence-corrected chi connectivity index (χ3v) is 3.29. The smallest absolute Gasteiger partial charge is 0.124 e. The molecule has 0 aliphatic carbocycles. The van der Waals surface area contributed by atoms with Gasteiger partial charge in [-0.25, -0.2) is 0 Å². The Labute approximate surface area is 122 Å². The van der Waals surface area contributed by atoms with Crippen LogP contribution in [0.25, 0.3) is 0 Å². The molecule has 0 aliphatic rings. The molecular formula is C16H18BrNO. The van der Waals surface area contributed by atoms with E-state index in [1.165, 1.54) is 5.56 Å². The topological polar surface area (TPSA) is 21.3 Å². The summed E-state index contributed by atoms with van der Waals surface area (Å²) >= 11 is 3.43. The van der Waals surface area contributed by atoms with E-state index < -0.39 is 0 Å². The lowest BCUT2D eigenvalue weighted by Crippen LogP contribution is -2.03. The van der Waals surface area contributed by atoms with Crippen molar-refractivity contribution in [2.75, 3.05) is 11.9 Å². The van der Waals surface area contributed by atoms with Crippen molar-refractivity contribution in [3.05, 3.63) is 58.6 Å². The molecule has 0 spiro atoms. The first-order chi connectivity index (χ1) is 9.29. The summed E-state index contributed by atoms with van der Waals surface area (Å²) in [5, 5.41) is 3.40. The van der Waals surface area contributed by atoms with Crippen molar-refractivity contribution in [3.63, 3.8) is 0 Å².